The molecule has 3 heterocycles. The van der Waals surface area contributed by atoms with Crippen LogP contribution in [0.3, 0.4) is 0 Å². The zero-order valence-corrected chi connectivity index (χ0v) is 11.0. The first-order valence-electron chi connectivity index (χ1n) is 6.52. The lowest BCUT2D eigenvalue weighted by Gasteiger charge is -2.24. The van der Waals surface area contributed by atoms with Crippen molar-refractivity contribution in [1.29, 1.82) is 0 Å². The topological polar surface area (TPSA) is 53.9 Å². The van der Waals surface area contributed by atoms with Crippen molar-refractivity contribution < 1.29 is 0 Å². The summed E-state index contributed by atoms with van der Waals surface area (Å²) in [5, 5.41) is 12.0. The number of nitrogens with zero attached hydrogens (tertiary/aromatic N) is 4. The van der Waals surface area contributed by atoms with Crippen molar-refractivity contribution in [3.05, 3.63) is 36.7 Å². The molecule has 1 aliphatic rings. The fraction of sp³-hybridized carbons (Fsp3) is 0.357. The second-order valence-electron chi connectivity index (χ2n) is 4.78. The first kappa shape index (κ1) is 12.0. The molecule has 19 heavy (non-hydrogen) atoms. The van der Waals surface area contributed by atoms with Gasteiger partial charge in [-0.1, -0.05) is 0 Å². The van der Waals surface area contributed by atoms with E-state index < -0.39 is 0 Å². The summed E-state index contributed by atoms with van der Waals surface area (Å²) in [5.41, 5.74) is 1.85. The Bertz CT molecular complexity index is 519. The molecule has 0 aliphatic carbocycles. The zero-order chi connectivity index (χ0) is 13.1. The second-order valence-corrected chi connectivity index (χ2v) is 4.78. The molecule has 2 aromatic rings. The summed E-state index contributed by atoms with van der Waals surface area (Å²) in [6.07, 6.45) is 4.71. The Morgan fingerprint density at radius 2 is 2.21 bits per heavy atom. The van der Waals surface area contributed by atoms with Gasteiger partial charge < -0.3 is 10.2 Å². The van der Waals surface area contributed by atoms with Crippen LogP contribution in [0.4, 0.5) is 5.82 Å². The number of hydrogen-bond acceptors (Lipinski definition) is 5. The van der Waals surface area contributed by atoms with Crippen LogP contribution in [0.25, 0.3) is 11.3 Å². The van der Waals surface area contributed by atoms with E-state index in [-0.39, 0.29) is 0 Å². The van der Waals surface area contributed by atoms with Crippen molar-refractivity contribution in [2.24, 2.45) is 0 Å². The summed E-state index contributed by atoms with van der Waals surface area (Å²) in [5.74, 6) is 0.918. The van der Waals surface area contributed by atoms with Gasteiger partial charge in [-0.05, 0) is 37.2 Å². The van der Waals surface area contributed by atoms with Crippen molar-refractivity contribution in [1.82, 2.24) is 20.5 Å². The molecule has 1 saturated heterocycles. The number of aromatic nitrogens is 3. The van der Waals surface area contributed by atoms with Crippen LogP contribution in [0.5, 0.6) is 0 Å². The number of likely N-dealkylation sites (N-methyl/N-ethyl adjacent to an activating group) is 1. The predicted octanol–water partition coefficient (Wildman–Crippen LogP) is 1.34. The predicted molar refractivity (Wildman–Crippen MR) is 74.9 cm³/mol. The fourth-order valence-corrected chi connectivity index (χ4v) is 2.34. The average Bonchev–Trinajstić information content (AvgIpc) is 3.02. The maximum atomic E-state index is 4.32. The molecule has 0 amide bonds. The van der Waals surface area contributed by atoms with Crippen LogP contribution in [0.15, 0.2) is 36.7 Å². The number of hydrogen-bond donors (Lipinski definition) is 1. The van der Waals surface area contributed by atoms with Gasteiger partial charge in [0.25, 0.3) is 0 Å². The highest BCUT2D eigenvalue weighted by Gasteiger charge is 2.20. The van der Waals surface area contributed by atoms with Gasteiger partial charge in [-0.3, -0.25) is 4.98 Å². The molecule has 98 valence electrons. The van der Waals surface area contributed by atoms with Gasteiger partial charge in [0.05, 0.1) is 5.69 Å². The molecule has 5 heteroatoms. The van der Waals surface area contributed by atoms with E-state index in [0.717, 1.165) is 36.6 Å². The van der Waals surface area contributed by atoms with Crippen molar-refractivity contribution in [3.8, 4) is 11.3 Å². The zero-order valence-electron chi connectivity index (χ0n) is 11.0. The number of pyridine rings is 1. The van der Waals surface area contributed by atoms with Crippen LogP contribution in [-0.2, 0) is 0 Å². The molecule has 3 rings (SSSR count). The van der Waals surface area contributed by atoms with Gasteiger partial charge in [-0.25, -0.2) is 0 Å². The summed E-state index contributed by atoms with van der Waals surface area (Å²) in [4.78, 5) is 6.29. The maximum Gasteiger partial charge on any atom is 0.151 e. The van der Waals surface area contributed by atoms with E-state index in [0.29, 0.717) is 6.04 Å². The van der Waals surface area contributed by atoms with Crippen LogP contribution < -0.4 is 10.2 Å². The molecule has 2 aromatic heterocycles. The molecular weight excluding hydrogens is 238 g/mol. The van der Waals surface area contributed by atoms with E-state index in [4.69, 9.17) is 0 Å². The van der Waals surface area contributed by atoms with E-state index in [1.807, 2.05) is 24.3 Å². The van der Waals surface area contributed by atoms with Crippen LogP contribution >= 0.6 is 0 Å². The molecule has 0 bridgehead atoms. The monoisotopic (exact) mass is 255 g/mol. The van der Waals surface area contributed by atoms with Crippen molar-refractivity contribution >= 4 is 5.82 Å². The highest BCUT2D eigenvalue weighted by molar-refractivity contribution is 5.58. The van der Waals surface area contributed by atoms with Gasteiger partial charge >= 0.3 is 0 Å². The normalized spacial score (nSPS) is 18.5. The largest absolute Gasteiger partial charge is 0.354 e. The Hall–Kier alpha value is -2.01. The standard InChI is InChI=1S/C14H17N5/c1-19(12-6-8-16-10-12)14-5-4-13(17-18-14)11-3-2-7-15-9-11/h2-5,7,9,12,16H,6,8,10H2,1H3. The van der Waals surface area contributed by atoms with Crippen LogP contribution in [0.1, 0.15) is 6.42 Å². The summed E-state index contributed by atoms with van der Waals surface area (Å²) in [7, 11) is 2.07. The highest BCUT2D eigenvalue weighted by atomic mass is 15.3. The van der Waals surface area contributed by atoms with Gasteiger partial charge in [0, 0.05) is 37.6 Å². The Morgan fingerprint density at radius 1 is 1.26 bits per heavy atom. The first-order chi connectivity index (χ1) is 9.34. The third-order valence-electron chi connectivity index (χ3n) is 3.55. The minimum atomic E-state index is 0.513. The van der Waals surface area contributed by atoms with E-state index in [2.05, 4.69) is 32.4 Å². The Balaban J connectivity index is 1.79. The first-order valence-corrected chi connectivity index (χ1v) is 6.52. The van der Waals surface area contributed by atoms with Crippen LogP contribution in [0.2, 0.25) is 0 Å². The van der Waals surface area contributed by atoms with Crippen molar-refractivity contribution in [2.45, 2.75) is 12.5 Å². The molecule has 0 saturated carbocycles. The highest BCUT2D eigenvalue weighted by Crippen LogP contribution is 2.19. The third-order valence-corrected chi connectivity index (χ3v) is 3.55. The lowest BCUT2D eigenvalue weighted by atomic mass is 10.2. The van der Waals surface area contributed by atoms with Crippen molar-refractivity contribution in [3.63, 3.8) is 0 Å². The molecular formula is C14H17N5. The average molecular weight is 255 g/mol. The Morgan fingerprint density at radius 3 is 2.84 bits per heavy atom. The molecule has 0 aromatic carbocycles. The van der Waals surface area contributed by atoms with E-state index in [9.17, 15) is 0 Å². The molecule has 1 aliphatic heterocycles. The quantitative estimate of drug-likeness (QED) is 0.897. The number of rotatable bonds is 3. The molecule has 5 nitrogen and oxygen atoms in total. The lowest BCUT2D eigenvalue weighted by molar-refractivity contribution is 0.673. The van der Waals surface area contributed by atoms with E-state index in [1.54, 1.807) is 12.4 Å². The molecule has 1 unspecified atom stereocenters. The summed E-state index contributed by atoms with van der Waals surface area (Å²) >= 11 is 0. The maximum absolute atomic E-state index is 4.32. The van der Waals surface area contributed by atoms with Gasteiger partial charge in [0.15, 0.2) is 5.82 Å². The summed E-state index contributed by atoms with van der Waals surface area (Å²) in [6, 6.07) is 8.42. The van der Waals surface area contributed by atoms with Crippen LogP contribution in [-0.4, -0.2) is 41.4 Å². The minimum absolute atomic E-state index is 0.513. The SMILES string of the molecule is CN(c1ccc(-c2cccnc2)nn1)C1CCNC1. The Labute approximate surface area is 112 Å². The lowest BCUT2D eigenvalue weighted by Crippen LogP contribution is -2.34. The Kier molecular flexibility index (Phi) is 3.37. The van der Waals surface area contributed by atoms with Crippen LogP contribution in [0, 0.1) is 0 Å². The van der Waals surface area contributed by atoms with Crippen molar-refractivity contribution in [2.75, 3.05) is 25.0 Å². The van der Waals surface area contributed by atoms with Gasteiger partial charge in [0.2, 0.25) is 0 Å². The van der Waals surface area contributed by atoms with E-state index >= 15 is 0 Å². The van der Waals surface area contributed by atoms with Gasteiger partial charge in [-0.2, -0.15) is 0 Å². The second kappa shape index (κ2) is 5.32. The molecule has 1 atom stereocenters. The summed E-state index contributed by atoms with van der Waals surface area (Å²) < 4.78 is 0. The number of nitrogens with one attached hydrogen (secondary N) is 1. The summed E-state index contributed by atoms with van der Waals surface area (Å²) in [6.45, 7) is 2.10. The number of anilines is 1. The molecule has 1 fully saturated rings. The van der Waals surface area contributed by atoms with Gasteiger partial charge in [-0.15, -0.1) is 10.2 Å². The fourth-order valence-electron chi connectivity index (χ4n) is 2.34. The molecule has 1 N–H and O–H groups in total. The minimum Gasteiger partial charge on any atom is -0.354 e. The molecule has 0 radical (unpaired) electrons. The molecule has 0 spiro atoms. The van der Waals surface area contributed by atoms with Gasteiger partial charge in [0.1, 0.15) is 0 Å². The van der Waals surface area contributed by atoms with E-state index in [1.165, 1.54) is 0 Å². The third kappa shape index (κ3) is 2.56. The smallest absolute Gasteiger partial charge is 0.151 e.